The number of aliphatic hydroxyl groups is 2. The van der Waals surface area contributed by atoms with E-state index in [-0.39, 0.29) is 86.8 Å². The summed E-state index contributed by atoms with van der Waals surface area (Å²) in [5.74, 6) is -7.74. The fourth-order valence-electron chi connectivity index (χ4n) is 25.2. The van der Waals surface area contributed by atoms with Gasteiger partial charge in [0.2, 0.25) is 0 Å². The topological polar surface area (TPSA) is 249 Å². The van der Waals surface area contributed by atoms with E-state index in [4.69, 9.17) is 9.47 Å². The molecule has 0 unspecified atom stereocenters. The van der Waals surface area contributed by atoms with Gasteiger partial charge in [0.1, 0.15) is 13.2 Å². The minimum absolute atomic E-state index is 0.0719. The van der Waals surface area contributed by atoms with Crippen LogP contribution in [0.1, 0.15) is 234 Å². The van der Waals surface area contributed by atoms with Crippen molar-refractivity contribution in [2.45, 2.75) is 230 Å². The number of aromatic hydroxyl groups is 4. The number of aliphatic hydroxyl groups excluding tert-OH is 2. The van der Waals surface area contributed by atoms with Gasteiger partial charge in [-0.05, 0) is 254 Å². The number of hydrogen-bond donors (Lipinski definition) is 8. The number of phenols is 4. The van der Waals surface area contributed by atoms with E-state index < -0.39 is 103 Å². The van der Waals surface area contributed by atoms with E-state index in [1.165, 1.54) is 24.3 Å². The third kappa shape index (κ3) is 8.93. The van der Waals surface area contributed by atoms with Crippen molar-refractivity contribution in [2.24, 2.45) is 106 Å². The Labute approximate surface area is 545 Å². The zero-order valence-electron chi connectivity index (χ0n) is 57.0. The molecule has 11 aliphatic carbocycles. The second-order valence-corrected chi connectivity index (χ2v) is 36.1. The summed E-state index contributed by atoms with van der Waals surface area (Å²) in [5.41, 5.74) is -3.17. The number of aliphatic carboxylic acids is 2. The molecule has 8 fully saturated rings. The Kier molecular flexibility index (Phi) is 15.0. The first-order chi connectivity index (χ1) is 42.9. The fourth-order valence-corrected chi connectivity index (χ4v) is 25.2. The van der Waals surface area contributed by atoms with E-state index >= 15 is 9.59 Å². The number of benzene rings is 2. The first kappa shape index (κ1) is 65.3. The minimum atomic E-state index is -1.50. The average Bonchev–Trinajstić information content (AvgIpc) is 0.679. The number of rotatable bonds is 9. The molecule has 18 atom stereocenters. The molecule has 13 rings (SSSR count). The summed E-state index contributed by atoms with van der Waals surface area (Å²) < 4.78 is 14.2. The van der Waals surface area contributed by atoms with E-state index in [1.807, 2.05) is 0 Å². The van der Waals surface area contributed by atoms with Crippen LogP contribution in [-0.2, 0) is 28.7 Å². The number of ether oxygens (including phenoxy) is 2. The van der Waals surface area contributed by atoms with Crippen LogP contribution in [0.5, 0.6) is 23.0 Å². The average molecular weight is 1270 g/mol. The molecule has 14 heteroatoms. The number of carboxylic acids is 2. The number of carbonyl (C=O) groups excluding carboxylic acids is 2. The fraction of sp³-hybridized carbons (Fsp3) is 0.718. The summed E-state index contributed by atoms with van der Waals surface area (Å²) in [6.07, 6.45) is 18.5. The molecule has 0 amide bonds. The number of allylic oxidation sites excluding steroid dienone is 2. The van der Waals surface area contributed by atoms with E-state index in [2.05, 4.69) is 95.2 Å². The van der Waals surface area contributed by atoms with Crippen LogP contribution >= 0.6 is 0 Å². The second-order valence-electron chi connectivity index (χ2n) is 36.1. The largest absolute Gasteiger partial charge is 0.504 e. The summed E-state index contributed by atoms with van der Waals surface area (Å²) in [6, 6.07) is 6.95. The normalized spacial score (nSPS) is 43.2. The summed E-state index contributed by atoms with van der Waals surface area (Å²) in [7, 11) is 0. The Hall–Kier alpha value is -5.34. The maximum absolute atomic E-state index is 16.6. The molecule has 0 aromatic heterocycles. The Morgan fingerprint density at radius 3 is 1.41 bits per heavy atom. The van der Waals surface area contributed by atoms with E-state index in [0.717, 1.165) is 75.4 Å². The lowest BCUT2D eigenvalue weighted by Gasteiger charge is -2.71. The molecule has 8 N–H and O–H groups in total. The zero-order chi connectivity index (χ0) is 66.5. The minimum Gasteiger partial charge on any atom is -0.504 e. The molecule has 502 valence electrons. The van der Waals surface area contributed by atoms with Crippen molar-refractivity contribution >= 4 is 30.0 Å². The lowest BCUT2D eigenvalue weighted by molar-refractivity contribution is -0.218. The van der Waals surface area contributed by atoms with Crippen LogP contribution in [0, 0.1) is 106 Å². The highest BCUT2D eigenvalue weighted by Gasteiger charge is 2.74. The van der Waals surface area contributed by atoms with Gasteiger partial charge in [-0.2, -0.15) is 0 Å². The summed E-state index contributed by atoms with van der Waals surface area (Å²) >= 11 is 0. The third-order valence-electron chi connectivity index (χ3n) is 30.7. The smallest absolute Gasteiger partial charge is 0.334 e. The molecule has 0 saturated heterocycles. The highest BCUT2D eigenvalue weighted by molar-refractivity contribution is 6.02. The summed E-state index contributed by atoms with van der Waals surface area (Å²) in [6.45, 7) is 27.0. The molecule has 14 nitrogen and oxygen atoms in total. The number of carboxylic acid groups (broad SMARTS) is 2. The molecular weight excluding hydrogens is 1160 g/mol. The van der Waals surface area contributed by atoms with Gasteiger partial charge in [-0.1, -0.05) is 112 Å². The molecule has 0 spiro atoms. The first-order valence-corrected chi connectivity index (χ1v) is 35.2. The monoisotopic (exact) mass is 1270 g/mol. The van der Waals surface area contributed by atoms with Gasteiger partial charge in [0.15, 0.2) is 23.0 Å². The van der Waals surface area contributed by atoms with Crippen molar-refractivity contribution in [3.05, 3.63) is 75.9 Å². The van der Waals surface area contributed by atoms with E-state index in [0.29, 0.717) is 80.9 Å². The van der Waals surface area contributed by atoms with Crippen LogP contribution in [0.25, 0.3) is 6.08 Å². The summed E-state index contributed by atoms with van der Waals surface area (Å²) in [5, 5.41) is 91.0. The van der Waals surface area contributed by atoms with Gasteiger partial charge in [-0.25, -0.2) is 4.79 Å². The maximum Gasteiger partial charge on any atom is 0.334 e. The molecular formula is C78H106O14. The van der Waals surface area contributed by atoms with Crippen molar-refractivity contribution in [3.8, 4) is 23.0 Å². The maximum atomic E-state index is 16.6. The van der Waals surface area contributed by atoms with Crippen molar-refractivity contribution in [1.29, 1.82) is 0 Å². The molecule has 0 bridgehead atoms. The Bertz CT molecular complexity index is 3510. The zero-order valence-corrected chi connectivity index (χ0v) is 57.0. The van der Waals surface area contributed by atoms with E-state index in [9.17, 15) is 50.4 Å². The van der Waals surface area contributed by atoms with Crippen LogP contribution in [-0.4, -0.2) is 90.2 Å². The molecule has 0 radical (unpaired) electrons. The van der Waals surface area contributed by atoms with Crippen molar-refractivity contribution in [2.75, 3.05) is 13.2 Å². The molecule has 11 aliphatic rings. The van der Waals surface area contributed by atoms with Crippen molar-refractivity contribution in [1.82, 2.24) is 0 Å². The van der Waals surface area contributed by atoms with Gasteiger partial charge in [0.05, 0.1) is 34.5 Å². The molecule has 2 aromatic rings. The standard InChI is InChI=1S/C78H106O14/c1-67(2)27-29-75(65(87)88)31-33-77(47(49(75)39-67)14-17-57-71(9)23-21-59(83)69(5,6)55(71)19-25-73(57,77)11)41-91-63(85)46-35-44-37-53(81)54(82)38-45(44)61(43-13-16-51(79)52(80)36-43)62(46)64(86)92-42-78-34-32-76(66(89)90)30-28-68(3,4)40-50(76)48(78)15-18-58-72(10)24-22-60(84)70(7,8)56(72)20-26-74(58,78)12/h13-16,35-38,49-50,55-62,79-84H,17-34,39-42H2,1-12H3,(H,87,88)(H,89,90)/t49-,50-,55-,56-,57+,58+,59-,60-,61+,62+,71-,72-,73+,74+,75-,76-,77-,78-/m0/s1. The molecule has 8 saturated carbocycles. The molecule has 2 aromatic carbocycles. The lowest BCUT2D eigenvalue weighted by atomic mass is 9.33. The number of esters is 2. The molecule has 0 aliphatic heterocycles. The quantitative estimate of drug-likeness (QED) is 0.0661. The van der Waals surface area contributed by atoms with Gasteiger partial charge < -0.3 is 50.3 Å². The first-order valence-electron chi connectivity index (χ1n) is 35.2. The van der Waals surface area contributed by atoms with Crippen molar-refractivity contribution in [3.63, 3.8) is 0 Å². The number of phenolic OH excluding ortho intramolecular Hbond substituents is 4. The van der Waals surface area contributed by atoms with Gasteiger partial charge >= 0.3 is 23.9 Å². The van der Waals surface area contributed by atoms with Crippen LogP contribution in [0.3, 0.4) is 0 Å². The van der Waals surface area contributed by atoms with E-state index in [1.54, 1.807) is 12.1 Å². The Morgan fingerprint density at radius 2 is 0.946 bits per heavy atom. The van der Waals surface area contributed by atoms with Crippen LogP contribution in [0.2, 0.25) is 0 Å². The summed E-state index contributed by atoms with van der Waals surface area (Å²) in [4.78, 5) is 60.9. The Morgan fingerprint density at radius 1 is 0.500 bits per heavy atom. The van der Waals surface area contributed by atoms with Crippen LogP contribution < -0.4 is 0 Å². The van der Waals surface area contributed by atoms with Gasteiger partial charge in [-0.3, -0.25) is 14.4 Å². The predicted molar refractivity (Wildman–Crippen MR) is 349 cm³/mol. The van der Waals surface area contributed by atoms with Gasteiger partial charge in [0, 0.05) is 16.7 Å². The third-order valence-corrected chi connectivity index (χ3v) is 30.7. The number of fused-ring (bicyclic) bond motifs is 15. The van der Waals surface area contributed by atoms with Gasteiger partial charge in [0.25, 0.3) is 0 Å². The highest BCUT2D eigenvalue weighted by Crippen LogP contribution is 2.79. The number of carbonyl (C=O) groups is 4. The Balaban J connectivity index is 0.932. The van der Waals surface area contributed by atoms with Crippen LogP contribution in [0.15, 0.2) is 59.2 Å². The van der Waals surface area contributed by atoms with Crippen molar-refractivity contribution < 1.29 is 69.5 Å². The van der Waals surface area contributed by atoms with Crippen LogP contribution in [0.4, 0.5) is 0 Å². The predicted octanol–water partition coefficient (Wildman–Crippen LogP) is 15.2. The molecule has 92 heavy (non-hydrogen) atoms. The SMILES string of the molecule is CC1(C)CC[C@]2(C(=O)O)CC[C@]3(COC(=O)C4=Cc5cc(O)c(O)cc5[C@@H](c5ccc(O)c(O)c5)[C@@H]4C(=O)OC[C@@]45CC[C@@]6(C(=O)O)CCC(C)(C)C[C@H]6C4=CC[C@@H]4[C@@]6(C)CC[C@H](O)C(C)(C)[C@@H]6CC[C@]45C)C(=CC[C@@H]4[C@@]5(C)CC[C@H](O)C(C)(C)[C@@H]5CC[C@]43C)[C@@H]2C1. The highest BCUT2D eigenvalue weighted by atomic mass is 16.5. The second kappa shape index (κ2) is 21.1. The molecule has 0 heterocycles. The lowest BCUT2D eigenvalue weighted by Crippen LogP contribution is -2.66. The number of hydrogen-bond acceptors (Lipinski definition) is 12. The van der Waals surface area contributed by atoms with Gasteiger partial charge in [-0.15, -0.1) is 0 Å².